The van der Waals surface area contributed by atoms with E-state index in [1.54, 1.807) is 12.4 Å². The Kier molecular flexibility index (Phi) is 8.31. The molecule has 0 radical (unpaired) electrons. The van der Waals surface area contributed by atoms with Crippen LogP contribution >= 0.6 is 0 Å². The Morgan fingerprint density at radius 1 is 1.05 bits per heavy atom. The lowest BCUT2D eigenvalue weighted by atomic mass is 9.82. The summed E-state index contributed by atoms with van der Waals surface area (Å²) in [5.74, 6) is -0.276. The maximum Gasteiger partial charge on any atom is 0.337 e. The summed E-state index contributed by atoms with van der Waals surface area (Å²) in [6.45, 7) is 16.0. The molecule has 2 aromatic heterocycles. The SMILES string of the molecule is Cc1nc(-c2cncc(C(OC(C)(C)C)C(=O)O)c2)cc(N2CCC(C)(C)CC2)c1OC(C)c1ccccc1. The Morgan fingerprint density at radius 3 is 2.33 bits per heavy atom. The molecule has 0 spiro atoms. The van der Waals surface area contributed by atoms with E-state index in [4.69, 9.17) is 14.5 Å². The number of hydrogen-bond donors (Lipinski definition) is 1. The lowest BCUT2D eigenvalue weighted by Gasteiger charge is -2.39. The number of aryl methyl sites for hydroxylation is 1. The number of carboxylic acids is 1. The summed E-state index contributed by atoms with van der Waals surface area (Å²) in [5.41, 5.74) is 4.50. The largest absolute Gasteiger partial charge is 0.482 e. The maximum absolute atomic E-state index is 12.1. The number of aliphatic carboxylic acids is 1. The molecule has 0 bridgehead atoms. The van der Waals surface area contributed by atoms with Crippen LogP contribution in [0.15, 0.2) is 54.9 Å². The summed E-state index contributed by atoms with van der Waals surface area (Å²) in [6, 6.07) is 14.0. The molecule has 1 fully saturated rings. The molecule has 0 amide bonds. The van der Waals surface area contributed by atoms with Gasteiger partial charge in [0.05, 0.1) is 22.7 Å². The number of aromatic nitrogens is 2. The quantitative estimate of drug-likeness (QED) is 0.330. The van der Waals surface area contributed by atoms with E-state index in [2.05, 4.69) is 48.9 Å². The third kappa shape index (κ3) is 7.15. The molecule has 1 aliphatic rings. The Labute approximate surface area is 232 Å². The lowest BCUT2D eigenvalue weighted by Crippen LogP contribution is -2.37. The topological polar surface area (TPSA) is 84.8 Å². The van der Waals surface area contributed by atoms with Crippen LogP contribution in [0.4, 0.5) is 5.69 Å². The smallest absolute Gasteiger partial charge is 0.337 e. The van der Waals surface area contributed by atoms with E-state index in [0.29, 0.717) is 11.0 Å². The van der Waals surface area contributed by atoms with Crippen molar-refractivity contribution in [1.82, 2.24) is 9.97 Å². The van der Waals surface area contributed by atoms with Crippen molar-refractivity contribution in [2.24, 2.45) is 5.41 Å². The summed E-state index contributed by atoms with van der Waals surface area (Å²) >= 11 is 0. The summed E-state index contributed by atoms with van der Waals surface area (Å²) in [4.78, 5) is 23.7. The average Bonchev–Trinajstić information content (AvgIpc) is 2.88. The molecular weight excluding hydrogens is 490 g/mol. The highest BCUT2D eigenvalue weighted by Gasteiger charge is 2.30. The van der Waals surface area contributed by atoms with Crippen molar-refractivity contribution in [3.8, 4) is 17.0 Å². The van der Waals surface area contributed by atoms with Crippen LogP contribution in [0.25, 0.3) is 11.3 Å². The Morgan fingerprint density at radius 2 is 1.72 bits per heavy atom. The predicted molar refractivity (Wildman–Crippen MR) is 154 cm³/mol. The van der Waals surface area contributed by atoms with Gasteiger partial charge >= 0.3 is 5.97 Å². The van der Waals surface area contributed by atoms with Gasteiger partial charge in [0.1, 0.15) is 6.10 Å². The first-order valence-corrected chi connectivity index (χ1v) is 13.7. The van der Waals surface area contributed by atoms with E-state index in [1.807, 2.05) is 52.0 Å². The van der Waals surface area contributed by atoms with Crippen LogP contribution in [0.3, 0.4) is 0 Å². The van der Waals surface area contributed by atoms with Gasteiger partial charge in [-0.25, -0.2) is 9.78 Å². The monoisotopic (exact) mass is 531 g/mol. The first-order chi connectivity index (χ1) is 18.3. The summed E-state index contributed by atoms with van der Waals surface area (Å²) < 4.78 is 12.4. The van der Waals surface area contributed by atoms with Gasteiger partial charge in [-0.1, -0.05) is 44.2 Å². The summed E-state index contributed by atoms with van der Waals surface area (Å²) in [5, 5.41) is 9.87. The predicted octanol–water partition coefficient (Wildman–Crippen LogP) is 7.16. The molecule has 3 aromatic rings. The maximum atomic E-state index is 12.1. The molecule has 0 aliphatic carbocycles. The van der Waals surface area contributed by atoms with Gasteiger partial charge in [0.15, 0.2) is 11.9 Å². The Bertz CT molecular complexity index is 1290. The van der Waals surface area contributed by atoms with Crippen molar-refractivity contribution >= 4 is 11.7 Å². The highest BCUT2D eigenvalue weighted by atomic mass is 16.5. The van der Waals surface area contributed by atoms with Crippen LogP contribution in [0, 0.1) is 12.3 Å². The van der Waals surface area contributed by atoms with Crippen molar-refractivity contribution in [1.29, 1.82) is 0 Å². The molecule has 208 valence electrons. The molecule has 2 unspecified atom stereocenters. The van der Waals surface area contributed by atoms with Crippen LogP contribution in [0.1, 0.15) is 83.4 Å². The van der Waals surface area contributed by atoms with E-state index in [9.17, 15) is 9.90 Å². The number of ether oxygens (including phenoxy) is 2. The molecule has 2 atom stereocenters. The minimum absolute atomic E-state index is 0.145. The fraction of sp³-hybridized carbons (Fsp3) is 0.469. The van der Waals surface area contributed by atoms with Crippen molar-refractivity contribution in [2.45, 2.75) is 79.1 Å². The number of pyridine rings is 2. The molecule has 3 heterocycles. The van der Waals surface area contributed by atoms with Gasteiger partial charge in [-0.2, -0.15) is 0 Å². The number of piperidine rings is 1. The van der Waals surface area contributed by atoms with E-state index < -0.39 is 17.7 Å². The summed E-state index contributed by atoms with van der Waals surface area (Å²) in [6.07, 6.45) is 4.16. The highest BCUT2D eigenvalue weighted by Crippen LogP contribution is 2.41. The van der Waals surface area contributed by atoms with Crippen LogP contribution in [0.5, 0.6) is 5.75 Å². The zero-order chi connectivity index (χ0) is 28.4. The van der Waals surface area contributed by atoms with E-state index in [-0.39, 0.29) is 6.10 Å². The second kappa shape index (κ2) is 11.3. The molecular formula is C32H41N3O4. The number of benzene rings is 1. The highest BCUT2D eigenvalue weighted by molar-refractivity contribution is 5.76. The van der Waals surface area contributed by atoms with Crippen LogP contribution in [-0.2, 0) is 9.53 Å². The van der Waals surface area contributed by atoms with Gasteiger partial charge in [-0.05, 0) is 70.6 Å². The number of carbonyl (C=O) groups is 1. The van der Waals surface area contributed by atoms with Crippen molar-refractivity contribution in [3.05, 3.63) is 71.7 Å². The fourth-order valence-electron chi connectivity index (χ4n) is 4.85. The van der Waals surface area contributed by atoms with Crippen molar-refractivity contribution in [2.75, 3.05) is 18.0 Å². The minimum Gasteiger partial charge on any atom is -0.482 e. The van der Waals surface area contributed by atoms with Gasteiger partial charge in [0.2, 0.25) is 0 Å². The zero-order valence-corrected chi connectivity index (χ0v) is 24.2. The normalized spacial score (nSPS) is 16.9. The molecule has 7 nitrogen and oxygen atoms in total. The van der Waals surface area contributed by atoms with E-state index >= 15 is 0 Å². The van der Waals surface area contributed by atoms with Crippen molar-refractivity contribution < 1.29 is 19.4 Å². The Hall–Kier alpha value is -3.45. The van der Waals surface area contributed by atoms with E-state index in [0.717, 1.165) is 59.9 Å². The van der Waals surface area contributed by atoms with Crippen LogP contribution in [0.2, 0.25) is 0 Å². The molecule has 1 N–H and O–H groups in total. The lowest BCUT2D eigenvalue weighted by molar-refractivity contribution is -0.160. The first kappa shape index (κ1) is 28.6. The molecule has 1 aliphatic heterocycles. The second-order valence-corrected chi connectivity index (χ2v) is 12.2. The number of rotatable bonds is 8. The Balaban J connectivity index is 1.75. The standard InChI is InChI=1S/C32H41N3O4/c1-21-28(38-22(2)23-11-9-8-10-12-23)27(35-15-13-32(6,7)14-16-35)18-26(34-21)24-17-25(20-33-19-24)29(30(36)37)39-31(3,4)5/h8-12,17-20,22,29H,13-16H2,1-7H3,(H,36,37). The van der Waals surface area contributed by atoms with E-state index in [1.165, 1.54) is 0 Å². The zero-order valence-electron chi connectivity index (χ0n) is 24.2. The molecule has 1 aromatic carbocycles. The summed E-state index contributed by atoms with van der Waals surface area (Å²) in [7, 11) is 0. The van der Waals surface area contributed by atoms with Crippen molar-refractivity contribution in [3.63, 3.8) is 0 Å². The molecule has 1 saturated heterocycles. The first-order valence-electron chi connectivity index (χ1n) is 13.7. The van der Waals surface area contributed by atoms with Gasteiger partial charge in [0, 0.05) is 36.6 Å². The molecule has 7 heteroatoms. The van der Waals surface area contributed by atoms with Crippen LogP contribution < -0.4 is 9.64 Å². The molecule has 4 rings (SSSR count). The number of carboxylic acid groups (broad SMARTS) is 1. The third-order valence-corrected chi connectivity index (χ3v) is 7.20. The minimum atomic E-state index is -1.13. The van der Waals surface area contributed by atoms with Gasteiger partial charge in [-0.3, -0.25) is 4.98 Å². The van der Waals surface area contributed by atoms with Gasteiger partial charge in [-0.15, -0.1) is 0 Å². The number of nitrogens with zero attached hydrogens (tertiary/aromatic N) is 3. The van der Waals surface area contributed by atoms with Gasteiger partial charge in [0.25, 0.3) is 0 Å². The third-order valence-electron chi connectivity index (χ3n) is 7.20. The van der Waals surface area contributed by atoms with Crippen LogP contribution in [-0.4, -0.2) is 39.7 Å². The average molecular weight is 532 g/mol. The number of hydrogen-bond acceptors (Lipinski definition) is 6. The number of anilines is 1. The molecule has 0 saturated carbocycles. The second-order valence-electron chi connectivity index (χ2n) is 12.2. The van der Waals surface area contributed by atoms with Gasteiger partial charge < -0.3 is 19.5 Å². The molecule has 39 heavy (non-hydrogen) atoms. The fourth-order valence-corrected chi connectivity index (χ4v) is 4.85.